The minimum Gasteiger partial charge on any atom is -0.361 e. The van der Waals surface area contributed by atoms with E-state index in [0.29, 0.717) is 6.04 Å². The smallest absolute Gasteiger partial charge is 0.0887 e. The lowest BCUT2D eigenvalue weighted by molar-refractivity contribution is 0.626. The van der Waals surface area contributed by atoms with E-state index in [1.165, 1.54) is 18.4 Å². The van der Waals surface area contributed by atoms with Gasteiger partial charge < -0.3 is 10.3 Å². The van der Waals surface area contributed by atoms with Crippen LogP contribution in [0.3, 0.4) is 0 Å². The van der Waals surface area contributed by atoms with Crippen LogP contribution in [0.4, 0.5) is 0 Å². The molecule has 0 radical (unpaired) electrons. The number of aryl methyl sites for hydroxylation is 1. The van der Waals surface area contributed by atoms with Crippen molar-refractivity contribution in [3.05, 3.63) is 29.7 Å². The van der Waals surface area contributed by atoms with E-state index in [-0.39, 0.29) is 0 Å². The summed E-state index contributed by atoms with van der Waals surface area (Å²) in [6.45, 7) is 3.17. The predicted octanol–water partition coefficient (Wildman–Crippen LogP) is 2.14. The van der Waals surface area contributed by atoms with Crippen molar-refractivity contribution in [3.8, 4) is 11.3 Å². The van der Waals surface area contributed by atoms with E-state index in [1.807, 2.05) is 12.3 Å². The predicted molar refractivity (Wildman–Crippen MR) is 63.1 cm³/mol. The number of nitrogens with zero attached hydrogens (tertiary/aromatic N) is 1. The molecule has 1 atom stereocenters. The number of nitrogens with one attached hydrogen (secondary N) is 3. The highest BCUT2D eigenvalue weighted by Gasteiger charge is 2.24. The molecule has 1 aliphatic heterocycles. The van der Waals surface area contributed by atoms with Crippen LogP contribution in [0.5, 0.6) is 0 Å². The van der Waals surface area contributed by atoms with E-state index in [2.05, 4.69) is 33.5 Å². The monoisotopic (exact) mass is 216 g/mol. The van der Waals surface area contributed by atoms with Crippen molar-refractivity contribution in [2.45, 2.75) is 25.8 Å². The third kappa shape index (κ3) is 1.46. The molecule has 4 heteroatoms. The summed E-state index contributed by atoms with van der Waals surface area (Å²) in [6.07, 6.45) is 4.37. The average molecular weight is 216 g/mol. The normalized spacial score (nSPS) is 20.4. The Balaban J connectivity index is 2.05. The lowest BCUT2D eigenvalue weighted by atomic mass is 10.0. The fourth-order valence-electron chi connectivity index (χ4n) is 2.44. The second-order valence-corrected chi connectivity index (χ2v) is 4.34. The zero-order valence-corrected chi connectivity index (χ0v) is 9.38. The fourth-order valence-corrected chi connectivity index (χ4v) is 2.44. The van der Waals surface area contributed by atoms with Gasteiger partial charge in [0.25, 0.3) is 0 Å². The van der Waals surface area contributed by atoms with Crippen molar-refractivity contribution in [1.29, 1.82) is 0 Å². The summed E-state index contributed by atoms with van der Waals surface area (Å²) in [5, 5.41) is 11.0. The van der Waals surface area contributed by atoms with Crippen molar-refractivity contribution in [2.24, 2.45) is 0 Å². The van der Waals surface area contributed by atoms with Crippen LogP contribution in [-0.4, -0.2) is 21.7 Å². The Morgan fingerprint density at radius 3 is 3.06 bits per heavy atom. The third-order valence-corrected chi connectivity index (χ3v) is 3.23. The first-order valence-corrected chi connectivity index (χ1v) is 5.78. The molecule has 4 nitrogen and oxygen atoms in total. The minimum atomic E-state index is 0.406. The summed E-state index contributed by atoms with van der Waals surface area (Å²) in [5.74, 6) is 0. The molecule has 0 aliphatic carbocycles. The largest absolute Gasteiger partial charge is 0.361 e. The van der Waals surface area contributed by atoms with Gasteiger partial charge in [-0.05, 0) is 38.4 Å². The van der Waals surface area contributed by atoms with Gasteiger partial charge in [0.05, 0.1) is 11.7 Å². The van der Waals surface area contributed by atoms with Gasteiger partial charge in [0, 0.05) is 23.1 Å². The van der Waals surface area contributed by atoms with Crippen molar-refractivity contribution < 1.29 is 0 Å². The molecule has 16 heavy (non-hydrogen) atoms. The van der Waals surface area contributed by atoms with E-state index in [0.717, 1.165) is 23.6 Å². The van der Waals surface area contributed by atoms with Gasteiger partial charge in [0.2, 0.25) is 0 Å². The molecule has 84 valence electrons. The highest BCUT2D eigenvalue weighted by molar-refractivity contribution is 5.65. The number of H-pyrrole nitrogens is 2. The quantitative estimate of drug-likeness (QED) is 0.720. The summed E-state index contributed by atoms with van der Waals surface area (Å²) >= 11 is 0. The molecular weight excluding hydrogens is 200 g/mol. The molecule has 1 fully saturated rings. The molecule has 0 spiro atoms. The van der Waals surface area contributed by atoms with Gasteiger partial charge in [-0.25, -0.2) is 0 Å². The summed E-state index contributed by atoms with van der Waals surface area (Å²) < 4.78 is 0. The van der Waals surface area contributed by atoms with Crippen LogP contribution in [0.25, 0.3) is 11.3 Å². The molecule has 0 bridgehead atoms. The molecular formula is C12H16N4. The molecule has 2 aromatic heterocycles. The Hall–Kier alpha value is -1.55. The molecule has 3 heterocycles. The maximum absolute atomic E-state index is 4.45. The SMILES string of the molecule is Cc1[nH]nc(C2CCCN2)c1-c1ccc[nH]1. The van der Waals surface area contributed by atoms with Crippen molar-refractivity contribution in [3.63, 3.8) is 0 Å². The highest BCUT2D eigenvalue weighted by atomic mass is 15.1. The second-order valence-electron chi connectivity index (χ2n) is 4.34. The molecule has 0 amide bonds. The van der Waals surface area contributed by atoms with Crippen LogP contribution >= 0.6 is 0 Å². The summed E-state index contributed by atoms with van der Waals surface area (Å²) in [5.41, 5.74) is 4.66. The summed E-state index contributed by atoms with van der Waals surface area (Å²) in [6, 6.07) is 4.52. The minimum absolute atomic E-state index is 0.406. The van der Waals surface area contributed by atoms with Crippen LogP contribution in [0.2, 0.25) is 0 Å². The standard InChI is InChI=1S/C12H16N4/c1-8-11(9-4-2-6-13-9)12(16-15-8)10-5-3-7-14-10/h2,4,6,10,13-14H,3,5,7H2,1H3,(H,15,16). The molecule has 1 aliphatic rings. The number of hydrogen-bond donors (Lipinski definition) is 3. The number of hydrogen-bond acceptors (Lipinski definition) is 2. The van der Waals surface area contributed by atoms with Crippen LogP contribution in [0, 0.1) is 6.92 Å². The Bertz CT molecular complexity index is 463. The molecule has 1 unspecified atom stereocenters. The highest BCUT2D eigenvalue weighted by Crippen LogP contribution is 2.32. The van der Waals surface area contributed by atoms with E-state index < -0.39 is 0 Å². The first-order valence-electron chi connectivity index (χ1n) is 5.78. The lowest BCUT2D eigenvalue weighted by Crippen LogP contribution is -2.14. The zero-order chi connectivity index (χ0) is 11.0. The van der Waals surface area contributed by atoms with Gasteiger partial charge in [-0.15, -0.1) is 0 Å². The number of aromatic amines is 2. The van der Waals surface area contributed by atoms with Crippen molar-refractivity contribution >= 4 is 0 Å². The van der Waals surface area contributed by atoms with Crippen LogP contribution < -0.4 is 5.32 Å². The first-order chi connectivity index (χ1) is 7.86. The van der Waals surface area contributed by atoms with Gasteiger partial charge in [-0.3, -0.25) is 5.10 Å². The van der Waals surface area contributed by atoms with Crippen molar-refractivity contribution in [1.82, 2.24) is 20.5 Å². The maximum Gasteiger partial charge on any atom is 0.0887 e. The molecule has 1 saturated heterocycles. The first kappa shape index (κ1) is 9.66. The average Bonchev–Trinajstić information content (AvgIpc) is 2.96. The second kappa shape index (κ2) is 3.79. The Labute approximate surface area is 94.5 Å². The van der Waals surface area contributed by atoms with E-state index in [9.17, 15) is 0 Å². The van der Waals surface area contributed by atoms with Crippen LogP contribution in [0.1, 0.15) is 30.3 Å². The van der Waals surface area contributed by atoms with Gasteiger partial charge in [0.1, 0.15) is 0 Å². The van der Waals surface area contributed by atoms with E-state index in [1.54, 1.807) is 0 Å². The van der Waals surface area contributed by atoms with Crippen molar-refractivity contribution in [2.75, 3.05) is 6.54 Å². The van der Waals surface area contributed by atoms with E-state index in [4.69, 9.17) is 0 Å². The Morgan fingerprint density at radius 1 is 1.44 bits per heavy atom. The van der Waals surface area contributed by atoms with Crippen LogP contribution in [-0.2, 0) is 0 Å². The van der Waals surface area contributed by atoms with Gasteiger partial charge >= 0.3 is 0 Å². The van der Waals surface area contributed by atoms with Gasteiger partial charge in [-0.1, -0.05) is 0 Å². The Kier molecular flexibility index (Phi) is 2.29. The maximum atomic E-state index is 4.45. The molecule has 2 aromatic rings. The zero-order valence-electron chi connectivity index (χ0n) is 9.38. The molecule has 0 saturated carbocycles. The van der Waals surface area contributed by atoms with Crippen LogP contribution in [0.15, 0.2) is 18.3 Å². The van der Waals surface area contributed by atoms with Gasteiger partial charge in [-0.2, -0.15) is 5.10 Å². The van der Waals surface area contributed by atoms with Gasteiger partial charge in [0.15, 0.2) is 0 Å². The third-order valence-electron chi connectivity index (χ3n) is 3.23. The number of aromatic nitrogens is 3. The lowest BCUT2D eigenvalue weighted by Gasteiger charge is -2.09. The molecule has 0 aromatic carbocycles. The number of rotatable bonds is 2. The molecule has 3 N–H and O–H groups in total. The summed E-state index contributed by atoms with van der Waals surface area (Å²) in [4.78, 5) is 3.26. The topological polar surface area (TPSA) is 56.5 Å². The fraction of sp³-hybridized carbons (Fsp3) is 0.417. The Morgan fingerprint density at radius 2 is 2.38 bits per heavy atom. The molecule has 3 rings (SSSR count). The van der Waals surface area contributed by atoms with E-state index >= 15 is 0 Å². The summed E-state index contributed by atoms with van der Waals surface area (Å²) in [7, 11) is 0.